The highest BCUT2D eigenvalue weighted by Crippen LogP contribution is 2.44. The number of carbonyl (C=O) groups excluding carboxylic acids is 2. The molecule has 2 aliphatic rings. The Morgan fingerprint density at radius 1 is 1.33 bits per heavy atom. The molecule has 0 unspecified atom stereocenters. The third-order valence-electron chi connectivity index (χ3n) is 3.41. The third-order valence-corrected chi connectivity index (χ3v) is 4.68. The standard InChI is InChI=1S/C17H14O3S/c1-10(2)17(19)20-14-8-7-13(18)12-9-11-5-3-4-6-15(11)21-16(12)14/h3-6,8H,1,7,9H2,2H3. The number of ether oxygens (including phenoxy) is 1. The number of hydrogen-bond acceptors (Lipinski definition) is 4. The Kier molecular flexibility index (Phi) is 3.55. The zero-order chi connectivity index (χ0) is 15.0. The number of esters is 1. The molecule has 1 aromatic carbocycles. The van der Waals surface area contributed by atoms with Crippen molar-refractivity contribution >= 4 is 23.5 Å². The van der Waals surface area contributed by atoms with E-state index < -0.39 is 5.97 Å². The first-order valence-corrected chi connectivity index (χ1v) is 7.48. The van der Waals surface area contributed by atoms with Gasteiger partial charge in [-0.1, -0.05) is 36.5 Å². The maximum Gasteiger partial charge on any atom is 0.338 e. The van der Waals surface area contributed by atoms with Gasteiger partial charge in [0.15, 0.2) is 5.78 Å². The second kappa shape index (κ2) is 5.37. The van der Waals surface area contributed by atoms with Gasteiger partial charge in [0.2, 0.25) is 0 Å². The van der Waals surface area contributed by atoms with Crippen molar-refractivity contribution in [1.29, 1.82) is 0 Å². The SMILES string of the molecule is C=C(C)C(=O)OC1=CCC(=O)C2=C1Sc1ccccc1C2. The summed E-state index contributed by atoms with van der Waals surface area (Å²) in [5.74, 6) is 0.126. The molecule has 3 nitrogen and oxygen atoms in total. The topological polar surface area (TPSA) is 43.4 Å². The minimum absolute atomic E-state index is 0.0992. The van der Waals surface area contributed by atoms with Gasteiger partial charge in [-0.3, -0.25) is 4.79 Å². The molecule has 0 atom stereocenters. The molecule has 0 bridgehead atoms. The number of hydrogen-bond donors (Lipinski definition) is 0. The van der Waals surface area contributed by atoms with E-state index in [4.69, 9.17) is 4.74 Å². The molecule has 1 aromatic rings. The van der Waals surface area contributed by atoms with Crippen molar-refractivity contribution in [2.75, 3.05) is 0 Å². The first-order chi connectivity index (χ1) is 10.1. The molecular formula is C17H14O3S. The van der Waals surface area contributed by atoms with Crippen molar-refractivity contribution in [3.63, 3.8) is 0 Å². The van der Waals surface area contributed by atoms with Crippen LogP contribution in [-0.2, 0) is 20.7 Å². The first-order valence-electron chi connectivity index (χ1n) is 6.66. The number of carbonyl (C=O) groups is 2. The number of fused-ring (bicyclic) bond motifs is 1. The minimum atomic E-state index is -0.457. The van der Waals surface area contributed by atoms with E-state index in [1.807, 2.05) is 24.3 Å². The van der Waals surface area contributed by atoms with Gasteiger partial charge >= 0.3 is 5.97 Å². The maximum absolute atomic E-state index is 12.1. The third kappa shape index (κ3) is 2.59. The van der Waals surface area contributed by atoms with Gasteiger partial charge < -0.3 is 4.74 Å². The molecule has 0 saturated heterocycles. The van der Waals surface area contributed by atoms with Gasteiger partial charge in [0, 0.05) is 28.9 Å². The summed E-state index contributed by atoms with van der Waals surface area (Å²) in [4.78, 5) is 25.7. The highest BCUT2D eigenvalue weighted by Gasteiger charge is 2.30. The largest absolute Gasteiger partial charge is 0.422 e. The maximum atomic E-state index is 12.1. The Morgan fingerprint density at radius 3 is 2.86 bits per heavy atom. The Balaban J connectivity index is 1.95. The van der Waals surface area contributed by atoms with Gasteiger partial charge in [-0.25, -0.2) is 4.79 Å². The van der Waals surface area contributed by atoms with Crippen LogP contribution in [0.5, 0.6) is 0 Å². The molecule has 0 amide bonds. The van der Waals surface area contributed by atoms with Crippen LogP contribution < -0.4 is 0 Å². The smallest absolute Gasteiger partial charge is 0.338 e. The van der Waals surface area contributed by atoms with Crippen LogP contribution in [-0.4, -0.2) is 11.8 Å². The molecule has 4 heteroatoms. The first kappa shape index (κ1) is 13.9. The van der Waals surface area contributed by atoms with Gasteiger partial charge in [-0.15, -0.1) is 0 Å². The predicted molar refractivity (Wildman–Crippen MR) is 81.6 cm³/mol. The zero-order valence-corrected chi connectivity index (χ0v) is 12.5. The lowest BCUT2D eigenvalue weighted by molar-refractivity contribution is -0.134. The fourth-order valence-electron chi connectivity index (χ4n) is 2.29. The van der Waals surface area contributed by atoms with Crippen LogP contribution in [0.25, 0.3) is 0 Å². The Bertz CT molecular complexity index is 725. The lowest BCUT2D eigenvalue weighted by Crippen LogP contribution is -2.18. The van der Waals surface area contributed by atoms with Crippen molar-refractivity contribution in [2.45, 2.75) is 24.7 Å². The number of allylic oxidation sites excluding steroid dienone is 2. The fourth-order valence-corrected chi connectivity index (χ4v) is 3.46. The summed E-state index contributed by atoms with van der Waals surface area (Å²) in [5, 5.41) is 0. The molecule has 21 heavy (non-hydrogen) atoms. The predicted octanol–water partition coefficient (Wildman–Crippen LogP) is 3.56. The van der Waals surface area contributed by atoms with E-state index in [1.54, 1.807) is 13.0 Å². The van der Waals surface area contributed by atoms with Gasteiger partial charge in [0.05, 0.1) is 4.91 Å². The minimum Gasteiger partial charge on any atom is -0.422 e. The van der Waals surface area contributed by atoms with Crippen molar-refractivity contribution in [2.24, 2.45) is 0 Å². The molecule has 3 rings (SSSR count). The van der Waals surface area contributed by atoms with Crippen LogP contribution in [0.1, 0.15) is 18.9 Å². The van der Waals surface area contributed by atoms with E-state index in [-0.39, 0.29) is 12.2 Å². The number of thioether (sulfide) groups is 1. The van der Waals surface area contributed by atoms with E-state index >= 15 is 0 Å². The Hall–Kier alpha value is -2.07. The second-order valence-corrected chi connectivity index (χ2v) is 6.11. The van der Waals surface area contributed by atoms with Gasteiger partial charge in [0.25, 0.3) is 0 Å². The molecule has 0 saturated carbocycles. The molecule has 1 aliphatic heterocycles. The molecule has 0 fully saturated rings. The van der Waals surface area contributed by atoms with Crippen LogP contribution in [0.4, 0.5) is 0 Å². The fraction of sp³-hybridized carbons (Fsp3) is 0.176. The summed E-state index contributed by atoms with van der Waals surface area (Å²) in [6, 6.07) is 7.97. The van der Waals surface area contributed by atoms with Crippen LogP contribution in [0.2, 0.25) is 0 Å². The molecule has 0 N–H and O–H groups in total. The second-order valence-electron chi connectivity index (χ2n) is 5.06. The van der Waals surface area contributed by atoms with Crippen molar-refractivity contribution in [3.05, 3.63) is 64.3 Å². The number of Topliss-reactive ketones (excluding diaryl/α,β-unsaturated/α-hetero) is 1. The Labute approximate surface area is 127 Å². The summed E-state index contributed by atoms with van der Waals surface area (Å²) in [6.07, 6.45) is 2.56. The highest BCUT2D eigenvalue weighted by molar-refractivity contribution is 8.03. The number of ketones is 1. The van der Waals surface area contributed by atoms with Crippen LogP contribution in [0, 0.1) is 0 Å². The van der Waals surface area contributed by atoms with E-state index in [1.165, 1.54) is 11.8 Å². The summed E-state index contributed by atoms with van der Waals surface area (Å²) >= 11 is 1.49. The van der Waals surface area contributed by atoms with Crippen LogP contribution in [0.3, 0.4) is 0 Å². The Morgan fingerprint density at radius 2 is 2.10 bits per heavy atom. The molecule has 0 spiro atoms. The van der Waals surface area contributed by atoms with Crippen LogP contribution >= 0.6 is 11.8 Å². The summed E-state index contributed by atoms with van der Waals surface area (Å²) in [5.41, 5.74) is 2.23. The molecule has 0 aromatic heterocycles. The van der Waals surface area contributed by atoms with E-state index in [9.17, 15) is 9.59 Å². The highest BCUT2D eigenvalue weighted by atomic mass is 32.2. The van der Waals surface area contributed by atoms with E-state index in [2.05, 4.69) is 6.58 Å². The van der Waals surface area contributed by atoms with Crippen molar-refractivity contribution in [3.8, 4) is 0 Å². The van der Waals surface area contributed by atoms with Gasteiger partial charge in [-0.2, -0.15) is 0 Å². The summed E-state index contributed by atoms with van der Waals surface area (Å²) in [6.45, 7) is 5.19. The summed E-state index contributed by atoms with van der Waals surface area (Å²) in [7, 11) is 0. The monoisotopic (exact) mass is 298 g/mol. The summed E-state index contributed by atoms with van der Waals surface area (Å²) < 4.78 is 5.38. The lowest BCUT2D eigenvalue weighted by Gasteiger charge is -2.25. The van der Waals surface area contributed by atoms with Gasteiger partial charge in [-0.05, 0) is 24.6 Å². The number of benzene rings is 1. The van der Waals surface area contributed by atoms with Crippen molar-refractivity contribution in [1.82, 2.24) is 0 Å². The zero-order valence-electron chi connectivity index (χ0n) is 11.6. The normalized spacial score (nSPS) is 16.8. The molecule has 1 aliphatic carbocycles. The van der Waals surface area contributed by atoms with Crippen molar-refractivity contribution < 1.29 is 14.3 Å². The number of rotatable bonds is 2. The van der Waals surface area contributed by atoms with Crippen LogP contribution in [0.15, 0.2) is 63.6 Å². The quantitative estimate of drug-likeness (QED) is 0.618. The van der Waals surface area contributed by atoms with Gasteiger partial charge in [0.1, 0.15) is 5.76 Å². The molecule has 106 valence electrons. The lowest BCUT2D eigenvalue weighted by atomic mass is 9.95. The average molecular weight is 298 g/mol. The molecule has 1 heterocycles. The molecular weight excluding hydrogens is 284 g/mol. The van der Waals surface area contributed by atoms with E-state index in [0.29, 0.717) is 17.8 Å². The van der Waals surface area contributed by atoms with E-state index in [0.717, 1.165) is 20.9 Å². The average Bonchev–Trinajstić information content (AvgIpc) is 2.48. The molecule has 0 radical (unpaired) electrons.